The third-order valence-corrected chi connectivity index (χ3v) is 7.33. The minimum Gasteiger partial charge on any atom is -0.473 e. The molecule has 1 aromatic rings. The van der Waals surface area contributed by atoms with Crippen molar-refractivity contribution in [3.8, 4) is 5.75 Å². The number of rotatable bonds is 11. The van der Waals surface area contributed by atoms with Crippen molar-refractivity contribution >= 4 is 35.2 Å². The normalized spacial score (nSPS) is 21.3. The zero-order valence-electron chi connectivity index (χ0n) is 23.0. The number of hydrogen-bond donors (Lipinski definition) is 1. The average molecular weight is 554 g/mol. The quantitative estimate of drug-likeness (QED) is 0.407. The standard InChI is InChI=1S/C27H40ClN3O7/c1-6-37-17-27(4)25(33)30(12-7-8-13-36-5)22-14-20(21(28)15-23(22)38-27)24(32)31(18(2)3)19-10-9-11-29(16-19)26(34)35/h14-15,18-19H,6-13,16-17H2,1-5H3,(H,34,35)/t19-,27?/m1/s1. The van der Waals surface area contributed by atoms with Crippen LogP contribution in [0.2, 0.25) is 5.02 Å². The maximum Gasteiger partial charge on any atom is 0.407 e. The van der Waals surface area contributed by atoms with Crippen molar-refractivity contribution in [1.82, 2.24) is 9.80 Å². The Morgan fingerprint density at radius 1 is 1.32 bits per heavy atom. The van der Waals surface area contributed by atoms with Crippen LogP contribution in [0.25, 0.3) is 0 Å². The van der Waals surface area contributed by atoms with Gasteiger partial charge in [0.2, 0.25) is 5.60 Å². The molecule has 11 heteroatoms. The summed E-state index contributed by atoms with van der Waals surface area (Å²) in [6, 6.07) is 2.75. The number of benzene rings is 1. The molecule has 2 heterocycles. The monoisotopic (exact) mass is 553 g/mol. The number of halogens is 1. The number of fused-ring (bicyclic) bond motifs is 1. The van der Waals surface area contributed by atoms with Crippen LogP contribution in [0, 0.1) is 0 Å². The SMILES string of the molecule is CCOCC1(C)Oc2cc(Cl)c(C(=O)N(C(C)C)[C@@H]3CCCN(C(=O)O)C3)cc2N(CCCCOC)C1=O. The molecule has 1 N–H and O–H groups in total. The third kappa shape index (κ3) is 6.52. The van der Waals surface area contributed by atoms with Gasteiger partial charge in [-0.1, -0.05) is 11.6 Å². The number of likely N-dealkylation sites (tertiary alicyclic amines) is 1. The smallest absolute Gasteiger partial charge is 0.407 e. The van der Waals surface area contributed by atoms with Gasteiger partial charge >= 0.3 is 6.09 Å². The zero-order valence-corrected chi connectivity index (χ0v) is 23.8. The number of anilines is 1. The molecule has 212 valence electrons. The van der Waals surface area contributed by atoms with E-state index < -0.39 is 11.7 Å². The van der Waals surface area contributed by atoms with Crippen molar-refractivity contribution in [3.63, 3.8) is 0 Å². The van der Waals surface area contributed by atoms with Crippen LogP contribution in [-0.2, 0) is 14.3 Å². The molecule has 2 aliphatic heterocycles. The molecule has 10 nitrogen and oxygen atoms in total. The molecule has 1 saturated heterocycles. The van der Waals surface area contributed by atoms with Gasteiger partial charge in [0.25, 0.3) is 11.8 Å². The number of hydrogen-bond acceptors (Lipinski definition) is 6. The van der Waals surface area contributed by atoms with Gasteiger partial charge in [0.05, 0.1) is 28.9 Å². The summed E-state index contributed by atoms with van der Waals surface area (Å²) in [7, 11) is 1.64. The summed E-state index contributed by atoms with van der Waals surface area (Å²) in [6.07, 6.45) is 1.83. The van der Waals surface area contributed by atoms with E-state index in [-0.39, 0.29) is 47.6 Å². The molecule has 1 unspecified atom stereocenters. The second kappa shape index (κ2) is 13.0. The molecule has 1 fully saturated rings. The molecule has 0 radical (unpaired) electrons. The minimum absolute atomic E-state index is 0.0809. The number of piperidine rings is 1. The van der Waals surface area contributed by atoms with E-state index in [1.165, 1.54) is 4.90 Å². The number of ether oxygens (including phenoxy) is 3. The van der Waals surface area contributed by atoms with Gasteiger partial charge in [-0.25, -0.2) is 4.79 Å². The number of unbranched alkanes of at least 4 members (excludes halogenated alkanes) is 1. The lowest BCUT2D eigenvalue weighted by molar-refractivity contribution is -0.139. The van der Waals surface area contributed by atoms with E-state index in [0.29, 0.717) is 57.0 Å². The fourth-order valence-electron chi connectivity index (χ4n) is 5.12. The van der Waals surface area contributed by atoms with Gasteiger partial charge in [-0.2, -0.15) is 0 Å². The van der Waals surface area contributed by atoms with Crippen molar-refractivity contribution in [2.24, 2.45) is 0 Å². The maximum absolute atomic E-state index is 13.9. The number of nitrogens with zero attached hydrogens (tertiary/aromatic N) is 3. The minimum atomic E-state index is -1.23. The molecule has 2 aliphatic rings. The van der Waals surface area contributed by atoms with E-state index in [9.17, 15) is 19.5 Å². The fraction of sp³-hybridized carbons (Fsp3) is 0.667. The highest BCUT2D eigenvalue weighted by Crippen LogP contribution is 2.42. The van der Waals surface area contributed by atoms with Crippen molar-refractivity contribution in [2.45, 2.75) is 71.1 Å². The molecule has 0 aromatic heterocycles. The lowest BCUT2D eigenvalue weighted by atomic mass is 9.99. The number of carboxylic acid groups (broad SMARTS) is 1. The molecule has 1 aromatic carbocycles. The zero-order chi connectivity index (χ0) is 28.0. The van der Waals surface area contributed by atoms with Gasteiger partial charge in [0.15, 0.2) is 0 Å². The molecule has 0 spiro atoms. The Morgan fingerprint density at radius 2 is 2.05 bits per heavy atom. The molecule has 0 saturated carbocycles. The number of methoxy groups -OCH3 is 1. The predicted octanol–water partition coefficient (Wildman–Crippen LogP) is 4.28. The van der Waals surface area contributed by atoms with E-state index in [0.717, 1.165) is 6.42 Å². The van der Waals surface area contributed by atoms with E-state index in [2.05, 4.69) is 0 Å². The molecule has 3 rings (SSSR count). The molecular weight excluding hydrogens is 514 g/mol. The average Bonchev–Trinajstić information content (AvgIpc) is 2.87. The predicted molar refractivity (Wildman–Crippen MR) is 144 cm³/mol. The van der Waals surface area contributed by atoms with Crippen LogP contribution < -0.4 is 9.64 Å². The lowest BCUT2D eigenvalue weighted by Crippen LogP contribution is -2.57. The molecule has 2 atom stereocenters. The summed E-state index contributed by atoms with van der Waals surface area (Å²) in [5, 5.41) is 9.70. The van der Waals surface area contributed by atoms with Crippen molar-refractivity contribution in [2.75, 3.05) is 51.5 Å². The van der Waals surface area contributed by atoms with Crippen LogP contribution in [0.1, 0.15) is 63.7 Å². The maximum atomic E-state index is 13.9. The summed E-state index contributed by atoms with van der Waals surface area (Å²) in [5.74, 6) is -0.146. The first-order chi connectivity index (χ1) is 18.0. The van der Waals surface area contributed by atoms with E-state index >= 15 is 0 Å². The molecule has 3 amide bonds. The van der Waals surface area contributed by atoms with Crippen LogP contribution in [0.15, 0.2) is 12.1 Å². The highest BCUT2D eigenvalue weighted by molar-refractivity contribution is 6.34. The van der Waals surface area contributed by atoms with Crippen LogP contribution >= 0.6 is 11.6 Å². The summed E-state index contributed by atoms with van der Waals surface area (Å²) in [5.41, 5.74) is -0.502. The number of carbonyl (C=O) groups is 3. The van der Waals surface area contributed by atoms with Crippen molar-refractivity contribution in [3.05, 3.63) is 22.7 Å². The van der Waals surface area contributed by atoms with Gasteiger partial charge in [0, 0.05) is 52.1 Å². The first-order valence-corrected chi connectivity index (χ1v) is 13.6. The Morgan fingerprint density at radius 3 is 2.68 bits per heavy atom. The topological polar surface area (TPSA) is 109 Å². The largest absolute Gasteiger partial charge is 0.473 e. The lowest BCUT2D eigenvalue weighted by Gasteiger charge is -2.42. The summed E-state index contributed by atoms with van der Waals surface area (Å²) >= 11 is 6.67. The van der Waals surface area contributed by atoms with Crippen molar-refractivity contribution in [1.29, 1.82) is 0 Å². The summed E-state index contributed by atoms with van der Waals surface area (Å²) < 4.78 is 16.9. The first-order valence-electron chi connectivity index (χ1n) is 13.3. The Labute approximate surface area is 229 Å². The van der Waals surface area contributed by atoms with Gasteiger partial charge in [-0.15, -0.1) is 0 Å². The summed E-state index contributed by atoms with van der Waals surface area (Å²) in [4.78, 5) is 43.8. The van der Waals surface area contributed by atoms with E-state index in [4.69, 9.17) is 25.8 Å². The Hall–Kier alpha value is -2.56. The van der Waals surface area contributed by atoms with Gasteiger partial charge in [-0.05, 0) is 59.4 Å². The Balaban J connectivity index is 1.98. The molecule has 0 aliphatic carbocycles. The highest BCUT2D eigenvalue weighted by Gasteiger charge is 2.45. The van der Waals surface area contributed by atoms with Crippen LogP contribution in [0.3, 0.4) is 0 Å². The molecular formula is C27H40ClN3O7. The van der Waals surface area contributed by atoms with Crippen LogP contribution in [0.4, 0.5) is 10.5 Å². The van der Waals surface area contributed by atoms with Crippen LogP contribution in [-0.4, -0.2) is 97.1 Å². The fourth-order valence-corrected chi connectivity index (χ4v) is 5.36. The third-order valence-electron chi connectivity index (χ3n) is 7.02. The van der Waals surface area contributed by atoms with Gasteiger partial charge < -0.3 is 34.0 Å². The van der Waals surface area contributed by atoms with Gasteiger partial charge in [0.1, 0.15) is 5.75 Å². The summed E-state index contributed by atoms with van der Waals surface area (Å²) in [6.45, 7) is 9.54. The van der Waals surface area contributed by atoms with Crippen LogP contribution in [0.5, 0.6) is 5.75 Å². The number of carbonyl (C=O) groups excluding carboxylic acids is 2. The number of amides is 3. The second-order valence-corrected chi connectivity index (χ2v) is 10.7. The van der Waals surface area contributed by atoms with Crippen molar-refractivity contribution < 1.29 is 33.7 Å². The molecule has 0 bridgehead atoms. The van der Waals surface area contributed by atoms with E-state index in [1.54, 1.807) is 36.0 Å². The second-order valence-electron chi connectivity index (χ2n) is 10.3. The first kappa shape index (κ1) is 30.0. The Kier molecular flexibility index (Phi) is 10.3. The van der Waals surface area contributed by atoms with Gasteiger partial charge in [-0.3, -0.25) is 9.59 Å². The highest BCUT2D eigenvalue weighted by atomic mass is 35.5. The van der Waals surface area contributed by atoms with E-state index in [1.807, 2.05) is 20.8 Å². The Bertz CT molecular complexity index is 1020. The molecule has 38 heavy (non-hydrogen) atoms.